The van der Waals surface area contributed by atoms with Crippen molar-refractivity contribution >= 4 is 28.2 Å². The third-order valence-corrected chi connectivity index (χ3v) is 6.97. The van der Waals surface area contributed by atoms with Crippen LogP contribution in [0.2, 0.25) is 0 Å². The van der Waals surface area contributed by atoms with E-state index in [0.29, 0.717) is 17.2 Å². The first-order valence-electron chi connectivity index (χ1n) is 11.2. The maximum absolute atomic E-state index is 6.43. The minimum atomic E-state index is 0.276. The highest BCUT2D eigenvalue weighted by Crippen LogP contribution is 2.45. The van der Waals surface area contributed by atoms with Crippen LogP contribution in [0.3, 0.4) is 0 Å². The Morgan fingerprint density at radius 2 is 1.80 bits per heavy atom. The van der Waals surface area contributed by atoms with Crippen LogP contribution in [0.1, 0.15) is 16.8 Å². The summed E-state index contributed by atoms with van der Waals surface area (Å²) in [6.07, 6.45) is 1.81. The average molecular weight is 487 g/mol. The van der Waals surface area contributed by atoms with Gasteiger partial charge in [-0.25, -0.2) is 0 Å². The van der Waals surface area contributed by atoms with Crippen molar-refractivity contribution in [1.29, 1.82) is 0 Å². The van der Waals surface area contributed by atoms with Crippen LogP contribution in [-0.4, -0.2) is 19.2 Å². The average Bonchev–Trinajstić information content (AvgIpc) is 3.50. The number of methoxy groups -OCH3 is 2. The Hall–Kier alpha value is -3.97. The van der Waals surface area contributed by atoms with Crippen LogP contribution >= 0.6 is 11.3 Å². The maximum Gasteiger partial charge on any atom is 0.200 e. The zero-order chi connectivity index (χ0) is 24.5. The van der Waals surface area contributed by atoms with E-state index in [0.717, 1.165) is 55.3 Å². The van der Waals surface area contributed by atoms with Crippen molar-refractivity contribution in [2.45, 2.75) is 20.5 Å². The van der Waals surface area contributed by atoms with Crippen LogP contribution < -0.4 is 19.9 Å². The first-order chi connectivity index (χ1) is 17.0. The predicted octanol–water partition coefficient (Wildman–Crippen LogP) is 7.02. The first kappa shape index (κ1) is 22.8. The molecule has 3 aromatic heterocycles. The fourth-order valence-electron chi connectivity index (χ4n) is 4.30. The molecular formula is C28H26N2O4S. The van der Waals surface area contributed by atoms with Crippen LogP contribution in [0.4, 0.5) is 5.88 Å². The summed E-state index contributed by atoms with van der Waals surface area (Å²) in [5.74, 6) is 2.66. The number of nitrogens with zero attached hydrogens (tertiary/aromatic N) is 1. The van der Waals surface area contributed by atoms with Crippen molar-refractivity contribution in [2.75, 3.05) is 20.0 Å². The SMILES string of the molecule is COc1ccc(-c2cc(OCc3ncc(C)c(OC)c3C)c3c(-c4cccs4)c(N)oc3c2)cc1. The van der Waals surface area contributed by atoms with Crippen molar-refractivity contribution in [3.8, 4) is 38.8 Å². The molecule has 0 aliphatic rings. The van der Waals surface area contributed by atoms with E-state index < -0.39 is 0 Å². The number of benzene rings is 2. The number of furan rings is 1. The Kier molecular flexibility index (Phi) is 6.09. The number of aromatic nitrogens is 1. The van der Waals surface area contributed by atoms with Crippen molar-refractivity contribution in [2.24, 2.45) is 0 Å². The highest BCUT2D eigenvalue weighted by molar-refractivity contribution is 7.13. The van der Waals surface area contributed by atoms with Crippen LogP contribution in [0, 0.1) is 13.8 Å². The summed E-state index contributed by atoms with van der Waals surface area (Å²) in [4.78, 5) is 5.62. The molecule has 178 valence electrons. The standard InChI is InChI=1S/C28H26N2O4S/c1-16-14-30-21(17(2)27(16)32-4)15-33-22-12-19(18-7-9-20(31-3)10-8-18)13-23-25(22)26(28(29)34-23)24-6-5-11-35-24/h5-14H,15,29H2,1-4H3. The lowest BCUT2D eigenvalue weighted by Gasteiger charge is -2.14. The Morgan fingerprint density at radius 1 is 1.00 bits per heavy atom. The molecule has 0 aliphatic carbocycles. The maximum atomic E-state index is 6.43. The summed E-state index contributed by atoms with van der Waals surface area (Å²) >= 11 is 1.61. The monoisotopic (exact) mass is 486 g/mol. The number of pyridine rings is 1. The fraction of sp³-hybridized carbons (Fsp3) is 0.179. The molecule has 0 saturated carbocycles. The molecule has 0 radical (unpaired) electrons. The highest BCUT2D eigenvalue weighted by Gasteiger charge is 2.21. The highest BCUT2D eigenvalue weighted by atomic mass is 32.1. The molecule has 0 aliphatic heterocycles. The number of aryl methyl sites for hydroxylation is 1. The van der Waals surface area contributed by atoms with Gasteiger partial charge in [-0.3, -0.25) is 4.98 Å². The van der Waals surface area contributed by atoms with Gasteiger partial charge >= 0.3 is 0 Å². The first-order valence-corrected chi connectivity index (χ1v) is 12.0. The predicted molar refractivity (Wildman–Crippen MR) is 141 cm³/mol. The number of thiophene rings is 1. The topological polar surface area (TPSA) is 79.7 Å². The minimum absolute atomic E-state index is 0.276. The molecule has 6 nitrogen and oxygen atoms in total. The van der Waals surface area contributed by atoms with E-state index in [1.165, 1.54) is 0 Å². The van der Waals surface area contributed by atoms with Gasteiger partial charge < -0.3 is 24.4 Å². The van der Waals surface area contributed by atoms with Gasteiger partial charge in [-0.15, -0.1) is 11.3 Å². The van der Waals surface area contributed by atoms with E-state index in [4.69, 9.17) is 24.4 Å². The molecule has 0 bridgehead atoms. The second-order valence-electron chi connectivity index (χ2n) is 8.23. The number of hydrogen-bond donors (Lipinski definition) is 1. The van der Waals surface area contributed by atoms with E-state index in [2.05, 4.69) is 4.98 Å². The molecule has 0 saturated heterocycles. The number of nitrogen functional groups attached to an aromatic ring is 1. The van der Waals surface area contributed by atoms with Crippen LogP contribution in [0.25, 0.3) is 32.5 Å². The van der Waals surface area contributed by atoms with Gasteiger partial charge in [0.1, 0.15) is 29.4 Å². The molecule has 35 heavy (non-hydrogen) atoms. The van der Waals surface area contributed by atoms with E-state index in [9.17, 15) is 0 Å². The van der Waals surface area contributed by atoms with Gasteiger partial charge in [0.2, 0.25) is 5.88 Å². The van der Waals surface area contributed by atoms with Gasteiger partial charge in [0.15, 0.2) is 0 Å². The Morgan fingerprint density at radius 3 is 2.49 bits per heavy atom. The molecule has 0 fully saturated rings. The third kappa shape index (κ3) is 4.19. The lowest BCUT2D eigenvalue weighted by molar-refractivity contribution is 0.302. The summed E-state index contributed by atoms with van der Waals surface area (Å²) in [5.41, 5.74) is 12.6. The van der Waals surface area contributed by atoms with Crippen molar-refractivity contribution in [3.05, 3.63) is 76.9 Å². The quantitative estimate of drug-likeness (QED) is 0.266. The summed E-state index contributed by atoms with van der Waals surface area (Å²) in [7, 11) is 3.32. The Labute approximate surface area is 207 Å². The summed E-state index contributed by atoms with van der Waals surface area (Å²) < 4.78 is 23.4. The second-order valence-corrected chi connectivity index (χ2v) is 9.18. The van der Waals surface area contributed by atoms with Crippen molar-refractivity contribution in [1.82, 2.24) is 4.98 Å². The summed E-state index contributed by atoms with van der Waals surface area (Å²) in [6, 6.07) is 15.9. The Balaban J connectivity index is 1.63. The molecule has 0 spiro atoms. The third-order valence-electron chi connectivity index (χ3n) is 6.09. The molecule has 0 amide bonds. The van der Waals surface area contributed by atoms with Crippen LogP contribution in [-0.2, 0) is 6.61 Å². The number of hydrogen-bond acceptors (Lipinski definition) is 7. The van der Waals surface area contributed by atoms with Gasteiger partial charge in [-0.1, -0.05) is 18.2 Å². The normalized spacial score (nSPS) is 11.1. The molecule has 3 heterocycles. The molecule has 2 N–H and O–H groups in total. The molecule has 5 aromatic rings. The van der Waals surface area contributed by atoms with Gasteiger partial charge in [0, 0.05) is 22.2 Å². The number of ether oxygens (including phenoxy) is 3. The molecule has 2 aromatic carbocycles. The number of anilines is 1. The molecule has 0 unspecified atom stereocenters. The zero-order valence-corrected chi connectivity index (χ0v) is 20.9. The smallest absolute Gasteiger partial charge is 0.200 e. The van der Waals surface area contributed by atoms with Crippen LogP contribution in [0.15, 0.2) is 64.5 Å². The second kappa shape index (κ2) is 9.35. The summed E-state index contributed by atoms with van der Waals surface area (Å²) in [5, 5.41) is 2.87. The van der Waals surface area contributed by atoms with Gasteiger partial charge in [-0.05, 0) is 60.7 Å². The number of rotatable bonds is 7. The molecular weight excluding hydrogens is 460 g/mol. The van der Waals surface area contributed by atoms with Crippen molar-refractivity contribution < 1.29 is 18.6 Å². The van der Waals surface area contributed by atoms with Crippen LogP contribution in [0.5, 0.6) is 17.2 Å². The number of fused-ring (bicyclic) bond motifs is 1. The molecule has 5 rings (SSSR count). The van der Waals surface area contributed by atoms with Crippen molar-refractivity contribution in [3.63, 3.8) is 0 Å². The van der Waals surface area contributed by atoms with E-state index in [1.54, 1.807) is 31.8 Å². The molecule has 7 heteroatoms. The fourth-order valence-corrected chi connectivity index (χ4v) is 5.08. The van der Waals surface area contributed by atoms with Gasteiger partial charge in [0.05, 0.1) is 30.9 Å². The zero-order valence-electron chi connectivity index (χ0n) is 20.0. The largest absolute Gasteiger partial charge is 0.497 e. The van der Waals surface area contributed by atoms with Gasteiger partial charge in [-0.2, -0.15) is 0 Å². The number of nitrogens with two attached hydrogens (primary N) is 1. The summed E-state index contributed by atoms with van der Waals surface area (Å²) in [6.45, 7) is 4.25. The lowest BCUT2D eigenvalue weighted by Crippen LogP contribution is -2.04. The molecule has 0 atom stereocenters. The Bertz CT molecular complexity index is 1490. The van der Waals surface area contributed by atoms with Gasteiger partial charge in [0.25, 0.3) is 0 Å². The van der Waals surface area contributed by atoms with E-state index >= 15 is 0 Å². The lowest BCUT2D eigenvalue weighted by atomic mass is 10.0. The van der Waals surface area contributed by atoms with E-state index in [-0.39, 0.29) is 6.61 Å². The van der Waals surface area contributed by atoms with E-state index in [1.807, 2.05) is 67.8 Å². The minimum Gasteiger partial charge on any atom is -0.497 e.